The van der Waals surface area contributed by atoms with E-state index in [4.69, 9.17) is 18.0 Å². The fourth-order valence-corrected chi connectivity index (χ4v) is 2.48. The first-order valence-electron chi connectivity index (χ1n) is 5.24. The number of nitrogens with two attached hydrogens (primary N) is 1. The third-order valence-electron chi connectivity index (χ3n) is 2.67. The highest BCUT2D eigenvalue weighted by Crippen LogP contribution is 2.18. The maximum atomic E-state index is 11.9. The van der Waals surface area contributed by atoms with Gasteiger partial charge in [-0.15, -0.1) is 0 Å². The minimum atomic E-state index is 0.00288. The standard InChI is InChI=1S/C10H18N2OS2/c1-15-7-5-9(13)12-6-3-2-4-8(12)10(11)14/h8H,2-7H2,1H3,(H2,11,14). The van der Waals surface area contributed by atoms with Crippen LogP contribution in [0, 0.1) is 0 Å². The molecule has 0 aromatic rings. The molecule has 0 aliphatic carbocycles. The molecule has 0 bridgehead atoms. The van der Waals surface area contributed by atoms with Crippen LogP contribution in [0.3, 0.4) is 0 Å². The smallest absolute Gasteiger partial charge is 0.223 e. The summed E-state index contributed by atoms with van der Waals surface area (Å²) in [6, 6.07) is 0.00288. The third kappa shape index (κ3) is 3.65. The summed E-state index contributed by atoms with van der Waals surface area (Å²) in [6.07, 6.45) is 5.73. The molecule has 86 valence electrons. The number of nitrogens with zero attached hydrogens (tertiary/aromatic N) is 1. The van der Waals surface area contributed by atoms with Gasteiger partial charge in [-0.1, -0.05) is 12.2 Å². The fourth-order valence-electron chi connectivity index (χ4n) is 1.86. The minimum Gasteiger partial charge on any atom is -0.392 e. The van der Waals surface area contributed by atoms with Crippen LogP contribution in [-0.4, -0.2) is 40.4 Å². The second-order valence-electron chi connectivity index (χ2n) is 3.74. The number of piperidine rings is 1. The number of carbonyl (C=O) groups excluding carboxylic acids is 1. The van der Waals surface area contributed by atoms with Crippen molar-refractivity contribution in [3.8, 4) is 0 Å². The molecule has 1 unspecified atom stereocenters. The van der Waals surface area contributed by atoms with Gasteiger partial charge in [-0.25, -0.2) is 0 Å². The van der Waals surface area contributed by atoms with E-state index in [1.54, 1.807) is 11.8 Å². The van der Waals surface area contributed by atoms with Crippen molar-refractivity contribution in [2.75, 3.05) is 18.6 Å². The van der Waals surface area contributed by atoms with Crippen molar-refractivity contribution in [2.24, 2.45) is 5.73 Å². The number of thioether (sulfide) groups is 1. The molecule has 1 fully saturated rings. The van der Waals surface area contributed by atoms with Crippen LogP contribution in [0.5, 0.6) is 0 Å². The fraction of sp³-hybridized carbons (Fsp3) is 0.800. The average Bonchev–Trinajstić information content (AvgIpc) is 2.25. The summed E-state index contributed by atoms with van der Waals surface area (Å²) in [5, 5.41) is 0. The first-order valence-corrected chi connectivity index (χ1v) is 7.04. The molecule has 0 aromatic heterocycles. The van der Waals surface area contributed by atoms with Crippen LogP contribution in [0.15, 0.2) is 0 Å². The monoisotopic (exact) mass is 246 g/mol. The van der Waals surface area contributed by atoms with Gasteiger partial charge < -0.3 is 10.6 Å². The lowest BCUT2D eigenvalue weighted by molar-refractivity contribution is -0.132. The van der Waals surface area contributed by atoms with Crippen LogP contribution in [-0.2, 0) is 4.79 Å². The molecule has 0 saturated carbocycles. The van der Waals surface area contributed by atoms with Gasteiger partial charge in [0, 0.05) is 18.7 Å². The summed E-state index contributed by atoms with van der Waals surface area (Å²) in [4.78, 5) is 14.2. The second kappa shape index (κ2) is 6.33. The number of thiocarbonyl (C=S) groups is 1. The van der Waals surface area contributed by atoms with Crippen molar-refractivity contribution < 1.29 is 4.79 Å². The van der Waals surface area contributed by atoms with Crippen LogP contribution in [0.1, 0.15) is 25.7 Å². The molecule has 0 radical (unpaired) electrons. The predicted molar refractivity (Wildman–Crippen MR) is 69.1 cm³/mol. The maximum Gasteiger partial charge on any atom is 0.223 e. The number of rotatable bonds is 4. The Kier molecular flexibility index (Phi) is 5.39. The molecule has 1 aliphatic heterocycles. The first-order chi connectivity index (χ1) is 7.16. The Bertz CT molecular complexity index is 246. The van der Waals surface area contributed by atoms with Crippen LogP contribution in [0.25, 0.3) is 0 Å². The lowest BCUT2D eigenvalue weighted by atomic mass is 10.0. The van der Waals surface area contributed by atoms with Crippen molar-refractivity contribution in [2.45, 2.75) is 31.7 Å². The van der Waals surface area contributed by atoms with Gasteiger partial charge in [0.2, 0.25) is 5.91 Å². The molecule has 1 rings (SSSR count). The average molecular weight is 246 g/mol. The van der Waals surface area contributed by atoms with Crippen molar-refractivity contribution in [3.05, 3.63) is 0 Å². The molecule has 1 aliphatic rings. The van der Waals surface area contributed by atoms with Crippen molar-refractivity contribution >= 4 is 34.9 Å². The molecule has 15 heavy (non-hydrogen) atoms. The van der Waals surface area contributed by atoms with Gasteiger partial charge in [-0.3, -0.25) is 4.79 Å². The Labute approximate surface area is 101 Å². The molecule has 1 atom stereocenters. The molecule has 1 amide bonds. The molecule has 1 saturated heterocycles. The highest BCUT2D eigenvalue weighted by atomic mass is 32.2. The zero-order chi connectivity index (χ0) is 11.3. The summed E-state index contributed by atoms with van der Waals surface area (Å²) in [6.45, 7) is 0.815. The summed E-state index contributed by atoms with van der Waals surface area (Å²) in [5.74, 6) is 1.07. The molecule has 2 N–H and O–H groups in total. The van der Waals surface area contributed by atoms with E-state index >= 15 is 0 Å². The summed E-state index contributed by atoms with van der Waals surface area (Å²) >= 11 is 6.70. The Balaban J connectivity index is 2.55. The second-order valence-corrected chi connectivity index (χ2v) is 5.20. The lowest BCUT2D eigenvalue weighted by Gasteiger charge is -2.35. The summed E-state index contributed by atoms with van der Waals surface area (Å²) in [7, 11) is 0. The number of likely N-dealkylation sites (tertiary alicyclic amines) is 1. The van der Waals surface area contributed by atoms with Crippen molar-refractivity contribution in [3.63, 3.8) is 0 Å². The summed E-state index contributed by atoms with van der Waals surface area (Å²) < 4.78 is 0. The zero-order valence-corrected chi connectivity index (χ0v) is 10.7. The number of carbonyl (C=O) groups is 1. The molecule has 0 spiro atoms. The topological polar surface area (TPSA) is 46.3 Å². The van der Waals surface area contributed by atoms with Crippen molar-refractivity contribution in [1.82, 2.24) is 4.90 Å². The van der Waals surface area contributed by atoms with Gasteiger partial charge in [-0.05, 0) is 25.5 Å². The molecular weight excluding hydrogens is 228 g/mol. The zero-order valence-electron chi connectivity index (χ0n) is 9.07. The Hall–Kier alpha value is -0.290. The van der Waals surface area contributed by atoms with E-state index in [-0.39, 0.29) is 11.9 Å². The van der Waals surface area contributed by atoms with E-state index in [1.165, 1.54) is 0 Å². The highest BCUT2D eigenvalue weighted by Gasteiger charge is 2.27. The molecule has 3 nitrogen and oxygen atoms in total. The van der Waals surface area contributed by atoms with Gasteiger partial charge in [0.25, 0.3) is 0 Å². The lowest BCUT2D eigenvalue weighted by Crippen LogP contribution is -2.49. The Morgan fingerprint density at radius 3 is 2.93 bits per heavy atom. The van der Waals surface area contributed by atoms with E-state index in [0.29, 0.717) is 11.4 Å². The number of amides is 1. The van der Waals surface area contributed by atoms with Crippen LogP contribution in [0.2, 0.25) is 0 Å². The Morgan fingerprint density at radius 1 is 1.60 bits per heavy atom. The van der Waals surface area contributed by atoms with Crippen LogP contribution in [0.4, 0.5) is 0 Å². The molecule has 5 heteroatoms. The minimum absolute atomic E-state index is 0.00288. The van der Waals surface area contributed by atoms with Gasteiger partial charge >= 0.3 is 0 Å². The van der Waals surface area contributed by atoms with E-state index in [1.807, 2.05) is 11.2 Å². The largest absolute Gasteiger partial charge is 0.392 e. The first kappa shape index (κ1) is 12.8. The quantitative estimate of drug-likeness (QED) is 0.762. The maximum absolute atomic E-state index is 11.9. The third-order valence-corrected chi connectivity index (χ3v) is 3.56. The van der Waals surface area contributed by atoms with Gasteiger partial charge in [0.15, 0.2) is 0 Å². The van der Waals surface area contributed by atoms with Gasteiger partial charge in [-0.2, -0.15) is 11.8 Å². The van der Waals surface area contributed by atoms with Crippen LogP contribution < -0.4 is 5.73 Å². The van der Waals surface area contributed by atoms with Gasteiger partial charge in [0.05, 0.1) is 11.0 Å². The SMILES string of the molecule is CSCCC(=O)N1CCCCC1C(N)=S. The van der Waals surface area contributed by atoms with E-state index in [9.17, 15) is 4.79 Å². The van der Waals surface area contributed by atoms with Gasteiger partial charge in [0.1, 0.15) is 0 Å². The Morgan fingerprint density at radius 2 is 2.33 bits per heavy atom. The van der Waals surface area contributed by atoms with E-state index < -0.39 is 0 Å². The molecule has 1 heterocycles. The highest BCUT2D eigenvalue weighted by molar-refractivity contribution is 7.98. The molecular formula is C10H18N2OS2. The van der Waals surface area contributed by atoms with Crippen LogP contribution >= 0.6 is 24.0 Å². The normalized spacial score (nSPS) is 21.4. The van der Waals surface area contributed by atoms with Crippen molar-refractivity contribution in [1.29, 1.82) is 0 Å². The summed E-state index contributed by atoms with van der Waals surface area (Å²) in [5.41, 5.74) is 5.66. The molecule has 0 aromatic carbocycles. The number of hydrogen-bond acceptors (Lipinski definition) is 3. The predicted octanol–water partition coefficient (Wildman–Crippen LogP) is 1.41. The van der Waals surface area contributed by atoms with E-state index in [0.717, 1.165) is 31.6 Å². The van der Waals surface area contributed by atoms with E-state index in [2.05, 4.69) is 0 Å². The number of hydrogen-bond donors (Lipinski definition) is 1.